The molecule has 1 aliphatic heterocycles. The Balaban J connectivity index is 1.74. The minimum Gasteiger partial charge on any atom is -0.322 e. The van der Waals surface area contributed by atoms with Crippen molar-refractivity contribution in [2.75, 3.05) is 16.8 Å². The molecule has 1 fully saturated rings. The summed E-state index contributed by atoms with van der Waals surface area (Å²) in [6.07, 6.45) is 2.39. The van der Waals surface area contributed by atoms with E-state index in [0.29, 0.717) is 18.7 Å². The van der Waals surface area contributed by atoms with E-state index >= 15 is 0 Å². The van der Waals surface area contributed by atoms with Crippen molar-refractivity contribution in [1.82, 2.24) is 0 Å². The topological polar surface area (TPSA) is 49.4 Å². The lowest BCUT2D eigenvalue weighted by atomic mass is 10.1. The van der Waals surface area contributed by atoms with Gasteiger partial charge in [0.15, 0.2) is 0 Å². The number of anilines is 2. The third-order valence-corrected chi connectivity index (χ3v) is 3.95. The molecule has 0 bridgehead atoms. The monoisotopic (exact) mass is 330 g/mol. The lowest BCUT2D eigenvalue weighted by Gasteiger charge is -2.26. The van der Waals surface area contributed by atoms with E-state index in [1.54, 1.807) is 29.2 Å². The summed E-state index contributed by atoms with van der Waals surface area (Å²) in [6, 6.07) is 9.88. The minimum atomic E-state index is -0.914. The van der Waals surface area contributed by atoms with E-state index in [2.05, 4.69) is 5.32 Å². The Kier molecular flexibility index (Phi) is 4.55. The fourth-order valence-electron chi connectivity index (χ4n) is 2.71. The first-order valence-electron chi connectivity index (χ1n) is 7.72. The molecule has 0 aromatic heterocycles. The van der Waals surface area contributed by atoms with Gasteiger partial charge in [0.05, 0.1) is 0 Å². The van der Waals surface area contributed by atoms with Crippen LogP contribution in [0.4, 0.5) is 20.2 Å². The average Bonchev–Trinajstić information content (AvgIpc) is 2.56. The molecule has 124 valence electrons. The van der Waals surface area contributed by atoms with Crippen LogP contribution in [0.25, 0.3) is 0 Å². The van der Waals surface area contributed by atoms with Gasteiger partial charge in [-0.2, -0.15) is 0 Å². The molecule has 0 radical (unpaired) electrons. The molecule has 2 aromatic carbocycles. The van der Waals surface area contributed by atoms with Crippen molar-refractivity contribution in [2.24, 2.45) is 0 Å². The SMILES string of the molecule is O=C(Nc1ccc(N2CCCCC2=O)cc1)c1c(F)cccc1F. The number of amides is 2. The third-order valence-electron chi connectivity index (χ3n) is 3.95. The van der Waals surface area contributed by atoms with Crippen LogP contribution in [0.15, 0.2) is 42.5 Å². The lowest BCUT2D eigenvalue weighted by Crippen LogP contribution is -2.35. The van der Waals surface area contributed by atoms with Crippen LogP contribution in [0.2, 0.25) is 0 Å². The standard InChI is InChI=1S/C18H16F2N2O2/c19-14-4-3-5-15(20)17(14)18(24)21-12-7-9-13(10-8-12)22-11-2-1-6-16(22)23/h3-5,7-10H,1-2,6,11H2,(H,21,24). The van der Waals surface area contributed by atoms with Crippen LogP contribution < -0.4 is 10.2 Å². The van der Waals surface area contributed by atoms with Crippen LogP contribution in [0.1, 0.15) is 29.6 Å². The van der Waals surface area contributed by atoms with Crippen LogP contribution in [0, 0.1) is 11.6 Å². The molecule has 0 aliphatic carbocycles. The molecule has 1 aliphatic rings. The number of piperidine rings is 1. The van der Waals surface area contributed by atoms with Crippen LogP contribution in [0.5, 0.6) is 0 Å². The molecular formula is C18H16F2N2O2. The molecule has 2 aromatic rings. The van der Waals surface area contributed by atoms with Crippen LogP contribution >= 0.6 is 0 Å². The summed E-state index contributed by atoms with van der Waals surface area (Å²) in [5, 5.41) is 2.46. The molecule has 1 saturated heterocycles. The average molecular weight is 330 g/mol. The van der Waals surface area contributed by atoms with E-state index in [4.69, 9.17) is 0 Å². The molecule has 24 heavy (non-hydrogen) atoms. The van der Waals surface area contributed by atoms with Gasteiger partial charge in [-0.05, 0) is 49.2 Å². The van der Waals surface area contributed by atoms with Gasteiger partial charge in [-0.25, -0.2) is 8.78 Å². The Morgan fingerprint density at radius 3 is 2.29 bits per heavy atom. The first-order valence-corrected chi connectivity index (χ1v) is 7.72. The molecular weight excluding hydrogens is 314 g/mol. The molecule has 6 heteroatoms. The minimum absolute atomic E-state index is 0.0754. The van der Waals surface area contributed by atoms with E-state index < -0.39 is 23.1 Å². The van der Waals surface area contributed by atoms with E-state index in [1.165, 1.54) is 6.07 Å². The molecule has 0 atom stereocenters. The Labute approximate surface area is 138 Å². The highest BCUT2D eigenvalue weighted by atomic mass is 19.1. The molecule has 0 unspecified atom stereocenters. The number of hydrogen-bond donors (Lipinski definition) is 1. The van der Waals surface area contributed by atoms with Gasteiger partial charge < -0.3 is 10.2 Å². The number of carbonyl (C=O) groups excluding carboxylic acids is 2. The Hall–Kier alpha value is -2.76. The van der Waals surface area contributed by atoms with Crippen LogP contribution in [-0.2, 0) is 4.79 Å². The van der Waals surface area contributed by atoms with Crippen molar-refractivity contribution in [3.63, 3.8) is 0 Å². The number of halogens is 2. The highest BCUT2D eigenvalue weighted by Crippen LogP contribution is 2.23. The number of carbonyl (C=O) groups is 2. The summed E-state index contributed by atoms with van der Waals surface area (Å²) in [6.45, 7) is 0.672. The van der Waals surface area contributed by atoms with Gasteiger partial charge >= 0.3 is 0 Å². The van der Waals surface area contributed by atoms with Crippen molar-refractivity contribution in [3.05, 3.63) is 59.7 Å². The highest BCUT2D eigenvalue weighted by Gasteiger charge is 2.20. The fourth-order valence-corrected chi connectivity index (χ4v) is 2.71. The number of nitrogens with one attached hydrogen (secondary N) is 1. The molecule has 1 N–H and O–H groups in total. The predicted octanol–water partition coefficient (Wildman–Crippen LogP) is 3.73. The summed E-state index contributed by atoms with van der Waals surface area (Å²) in [7, 11) is 0. The first-order chi connectivity index (χ1) is 11.6. The van der Waals surface area contributed by atoms with Gasteiger partial charge in [-0.1, -0.05) is 6.07 Å². The largest absolute Gasteiger partial charge is 0.322 e. The van der Waals surface area contributed by atoms with Gasteiger partial charge in [0.1, 0.15) is 17.2 Å². The summed E-state index contributed by atoms with van der Waals surface area (Å²) in [5.74, 6) is -2.61. The first kappa shape index (κ1) is 16.1. The zero-order valence-electron chi connectivity index (χ0n) is 12.9. The number of hydrogen-bond acceptors (Lipinski definition) is 2. The zero-order valence-corrected chi connectivity index (χ0v) is 12.9. The molecule has 2 amide bonds. The van der Waals surface area contributed by atoms with Crippen molar-refractivity contribution in [1.29, 1.82) is 0 Å². The molecule has 4 nitrogen and oxygen atoms in total. The maximum atomic E-state index is 13.6. The number of nitrogens with zero attached hydrogens (tertiary/aromatic N) is 1. The Morgan fingerprint density at radius 2 is 1.67 bits per heavy atom. The number of benzene rings is 2. The van der Waals surface area contributed by atoms with Crippen molar-refractivity contribution in [3.8, 4) is 0 Å². The van der Waals surface area contributed by atoms with Crippen molar-refractivity contribution in [2.45, 2.75) is 19.3 Å². The van der Waals surface area contributed by atoms with Gasteiger partial charge in [0.2, 0.25) is 5.91 Å². The zero-order chi connectivity index (χ0) is 17.1. The predicted molar refractivity (Wildman–Crippen MR) is 87.0 cm³/mol. The normalized spacial score (nSPS) is 14.6. The second-order valence-corrected chi connectivity index (χ2v) is 5.60. The van der Waals surface area contributed by atoms with E-state index in [0.717, 1.165) is 30.7 Å². The quantitative estimate of drug-likeness (QED) is 0.932. The summed E-state index contributed by atoms with van der Waals surface area (Å²) >= 11 is 0. The second-order valence-electron chi connectivity index (χ2n) is 5.60. The number of rotatable bonds is 3. The van der Waals surface area contributed by atoms with Gasteiger partial charge in [-0.15, -0.1) is 0 Å². The fraction of sp³-hybridized carbons (Fsp3) is 0.222. The van der Waals surface area contributed by atoms with Crippen LogP contribution in [0.3, 0.4) is 0 Å². The Morgan fingerprint density at radius 1 is 1.00 bits per heavy atom. The molecule has 0 saturated carbocycles. The maximum absolute atomic E-state index is 13.6. The maximum Gasteiger partial charge on any atom is 0.261 e. The Bertz CT molecular complexity index is 755. The van der Waals surface area contributed by atoms with E-state index in [9.17, 15) is 18.4 Å². The molecule has 3 rings (SSSR count). The van der Waals surface area contributed by atoms with E-state index in [1.807, 2.05) is 0 Å². The second kappa shape index (κ2) is 6.78. The summed E-state index contributed by atoms with van der Waals surface area (Å²) < 4.78 is 27.2. The smallest absolute Gasteiger partial charge is 0.261 e. The highest BCUT2D eigenvalue weighted by molar-refractivity contribution is 6.04. The molecule has 1 heterocycles. The molecule has 0 spiro atoms. The lowest BCUT2D eigenvalue weighted by molar-refractivity contribution is -0.119. The van der Waals surface area contributed by atoms with E-state index in [-0.39, 0.29) is 5.91 Å². The van der Waals surface area contributed by atoms with Gasteiger partial charge in [0.25, 0.3) is 5.91 Å². The van der Waals surface area contributed by atoms with Gasteiger partial charge in [0, 0.05) is 24.3 Å². The van der Waals surface area contributed by atoms with Gasteiger partial charge in [-0.3, -0.25) is 9.59 Å². The third kappa shape index (κ3) is 3.27. The van der Waals surface area contributed by atoms with Crippen molar-refractivity contribution >= 4 is 23.2 Å². The summed E-state index contributed by atoms with van der Waals surface area (Å²) in [4.78, 5) is 25.6. The summed E-state index contributed by atoms with van der Waals surface area (Å²) in [5.41, 5.74) is 0.526. The van der Waals surface area contributed by atoms with Crippen molar-refractivity contribution < 1.29 is 18.4 Å². The van der Waals surface area contributed by atoms with Crippen LogP contribution in [-0.4, -0.2) is 18.4 Å².